The van der Waals surface area contributed by atoms with Gasteiger partial charge in [-0.15, -0.1) is 0 Å². The van der Waals surface area contributed by atoms with Crippen LogP contribution < -0.4 is 0 Å². The fourth-order valence-electron chi connectivity index (χ4n) is 2.45. The van der Waals surface area contributed by atoms with Crippen LogP contribution in [0.3, 0.4) is 0 Å². The summed E-state index contributed by atoms with van der Waals surface area (Å²) in [4.78, 5) is 0. The lowest BCUT2D eigenvalue weighted by Gasteiger charge is -2.28. The van der Waals surface area contributed by atoms with Crippen molar-refractivity contribution < 1.29 is 9.47 Å². The molecule has 0 amide bonds. The first-order chi connectivity index (χ1) is 7.90. The third-order valence-electron chi connectivity index (χ3n) is 3.37. The second-order valence-corrected chi connectivity index (χ2v) is 4.46. The molecule has 0 unspecified atom stereocenters. The van der Waals surface area contributed by atoms with E-state index < -0.39 is 0 Å². The summed E-state index contributed by atoms with van der Waals surface area (Å²) in [6.07, 6.45) is 5.18. The average Bonchev–Trinajstić information content (AvgIpc) is 2.38. The van der Waals surface area contributed by atoms with E-state index in [2.05, 4.69) is 30.3 Å². The molecule has 2 rings (SSSR count). The minimum Gasteiger partial charge on any atom is -0.359 e. The number of hydrogen-bond acceptors (Lipinski definition) is 2. The molecule has 1 aromatic carbocycles. The standard InChI is InChI=1S/C14H20O2/c1-15-11-16-14-9-7-13(8-10-14)12-5-3-2-4-6-12/h2-6,13-14H,7-11H2,1H3. The number of hydrogen-bond donors (Lipinski definition) is 0. The molecular formula is C14H20O2. The largest absolute Gasteiger partial charge is 0.359 e. The monoisotopic (exact) mass is 220 g/mol. The molecule has 0 bridgehead atoms. The first-order valence-corrected chi connectivity index (χ1v) is 6.05. The number of benzene rings is 1. The van der Waals surface area contributed by atoms with E-state index in [1.54, 1.807) is 7.11 Å². The van der Waals surface area contributed by atoms with Crippen molar-refractivity contribution in [3.8, 4) is 0 Å². The van der Waals surface area contributed by atoms with E-state index in [4.69, 9.17) is 9.47 Å². The summed E-state index contributed by atoms with van der Waals surface area (Å²) in [5.41, 5.74) is 1.48. The maximum atomic E-state index is 5.59. The zero-order valence-electron chi connectivity index (χ0n) is 9.89. The summed E-state index contributed by atoms with van der Waals surface area (Å²) in [6.45, 7) is 0.431. The molecule has 0 N–H and O–H groups in total. The number of ether oxygens (including phenoxy) is 2. The van der Waals surface area contributed by atoms with Gasteiger partial charge in [0, 0.05) is 7.11 Å². The predicted molar refractivity (Wildman–Crippen MR) is 64.4 cm³/mol. The van der Waals surface area contributed by atoms with Crippen LogP contribution in [0.2, 0.25) is 0 Å². The van der Waals surface area contributed by atoms with Gasteiger partial charge in [-0.3, -0.25) is 0 Å². The third kappa shape index (κ3) is 3.06. The fraction of sp³-hybridized carbons (Fsp3) is 0.571. The predicted octanol–water partition coefficient (Wildman–Crippen LogP) is 3.33. The molecule has 2 nitrogen and oxygen atoms in total. The lowest BCUT2D eigenvalue weighted by molar-refractivity contribution is -0.0833. The van der Waals surface area contributed by atoms with Gasteiger partial charge in [0.25, 0.3) is 0 Å². The van der Waals surface area contributed by atoms with Gasteiger partial charge in [0.15, 0.2) is 0 Å². The Morgan fingerprint density at radius 3 is 2.38 bits per heavy atom. The van der Waals surface area contributed by atoms with E-state index in [1.165, 1.54) is 18.4 Å². The van der Waals surface area contributed by atoms with Crippen LogP contribution >= 0.6 is 0 Å². The van der Waals surface area contributed by atoms with Crippen LogP contribution in [0.1, 0.15) is 37.2 Å². The van der Waals surface area contributed by atoms with E-state index in [0.717, 1.165) is 18.8 Å². The Hall–Kier alpha value is -0.860. The normalized spacial score (nSPS) is 25.6. The lowest BCUT2D eigenvalue weighted by atomic mass is 9.83. The van der Waals surface area contributed by atoms with Gasteiger partial charge < -0.3 is 9.47 Å². The highest BCUT2D eigenvalue weighted by Crippen LogP contribution is 2.33. The first kappa shape index (κ1) is 11.6. The van der Waals surface area contributed by atoms with Gasteiger partial charge in [0.1, 0.15) is 6.79 Å². The summed E-state index contributed by atoms with van der Waals surface area (Å²) in [6, 6.07) is 10.8. The molecular weight excluding hydrogens is 200 g/mol. The van der Waals surface area contributed by atoms with Crippen molar-refractivity contribution in [3.05, 3.63) is 35.9 Å². The average molecular weight is 220 g/mol. The lowest BCUT2D eigenvalue weighted by Crippen LogP contribution is -2.21. The second kappa shape index (κ2) is 6.02. The molecule has 88 valence electrons. The Kier molecular flexibility index (Phi) is 4.37. The van der Waals surface area contributed by atoms with E-state index in [-0.39, 0.29) is 0 Å². The van der Waals surface area contributed by atoms with Crippen molar-refractivity contribution >= 4 is 0 Å². The van der Waals surface area contributed by atoms with Crippen molar-refractivity contribution in [1.82, 2.24) is 0 Å². The van der Waals surface area contributed by atoms with Crippen LogP contribution in [0.4, 0.5) is 0 Å². The van der Waals surface area contributed by atoms with Crippen LogP contribution in [-0.2, 0) is 9.47 Å². The molecule has 1 fully saturated rings. The van der Waals surface area contributed by atoms with Crippen molar-refractivity contribution in [2.24, 2.45) is 0 Å². The SMILES string of the molecule is COCOC1CCC(c2ccccc2)CC1. The highest BCUT2D eigenvalue weighted by Gasteiger charge is 2.22. The van der Waals surface area contributed by atoms with E-state index in [0.29, 0.717) is 12.9 Å². The Labute approximate surface area is 97.6 Å². The van der Waals surface area contributed by atoms with Crippen LogP contribution in [0.25, 0.3) is 0 Å². The summed E-state index contributed by atoms with van der Waals surface area (Å²) >= 11 is 0. The molecule has 1 aliphatic carbocycles. The molecule has 0 aromatic heterocycles. The molecule has 2 heteroatoms. The Morgan fingerprint density at radius 1 is 1.06 bits per heavy atom. The molecule has 0 heterocycles. The number of rotatable bonds is 4. The molecule has 1 saturated carbocycles. The van der Waals surface area contributed by atoms with Gasteiger partial charge in [-0.25, -0.2) is 0 Å². The van der Waals surface area contributed by atoms with Crippen molar-refractivity contribution in [1.29, 1.82) is 0 Å². The molecule has 0 atom stereocenters. The molecule has 1 aromatic rings. The van der Waals surface area contributed by atoms with Gasteiger partial charge in [-0.2, -0.15) is 0 Å². The summed E-state index contributed by atoms with van der Waals surface area (Å²) in [5.74, 6) is 0.726. The molecule has 1 aliphatic rings. The maximum absolute atomic E-state index is 5.59. The molecule has 0 saturated heterocycles. The van der Waals surface area contributed by atoms with E-state index >= 15 is 0 Å². The summed E-state index contributed by atoms with van der Waals surface area (Å²) in [5, 5.41) is 0. The van der Waals surface area contributed by atoms with Gasteiger partial charge in [-0.05, 0) is 37.2 Å². The molecule has 0 aliphatic heterocycles. The maximum Gasteiger partial charge on any atom is 0.146 e. The zero-order chi connectivity index (χ0) is 11.2. The smallest absolute Gasteiger partial charge is 0.146 e. The summed E-state index contributed by atoms with van der Waals surface area (Å²) < 4.78 is 10.5. The van der Waals surface area contributed by atoms with Crippen molar-refractivity contribution in [3.63, 3.8) is 0 Å². The summed E-state index contributed by atoms with van der Waals surface area (Å²) in [7, 11) is 1.68. The van der Waals surface area contributed by atoms with Crippen LogP contribution in [0.5, 0.6) is 0 Å². The van der Waals surface area contributed by atoms with Crippen molar-refractivity contribution in [2.45, 2.75) is 37.7 Å². The fourth-order valence-corrected chi connectivity index (χ4v) is 2.45. The van der Waals surface area contributed by atoms with Crippen LogP contribution in [0.15, 0.2) is 30.3 Å². The van der Waals surface area contributed by atoms with Gasteiger partial charge in [0.05, 0.1) is 6.10 Å². The Balaban J connectivity index is 1.81. The highest BCUT2D eigenvalue weighted by atomic mass is 16.7. The van der Waals surface area contributed by atoms with Crippen LogP contribution in [0, 0.1) is 0 Å². The van der Waals surface area contributed by atoms with Crippen molar-refractivity contribution in [2.75, 3.05) is 13.9 Å². The highest BCUT2D eigenvalue weighted by molar-refractivity contribution is 5.19. The second-order valence-electron chi connectivity index (χ2n) is 4.46. The minimum absolute atomic E-state index is 0.403. The Bertz CT molecular complexity index is 289. The topological polar surface area (TPSA) is 18.5 Å². The van der Waals surface area contributed by atoms with Gasteiger partial charge in [0.2, 0.25) is 0 Å². The van der Waals surface area contributed by atoms with Gasteiger partial charge in [-0.1, -0.05) is 30.3 Å². The van der Waals surface area contributed by atoms with E-state index in [9.17, 15) is 0 Å². The zero-order valence-corrected chi connectivity index (χ0v) is 9.89. The molecule has 16 heavy (non-hydrogen) atoms. The third-order valence-corrected chi connectivity index (χ3v) is 3.37. The minimum atomic E-state index is 0.403. The Morgan fingerprint density at radius 2 is 1.75 bits per heavy atom. The van der Waals surface area contributed by atoms with Crippen LogP contribution in [-0.4, -0.2) is 20.0 Å². The number of methoxy groups -OCH3 is 1. The van der Waals surface area contributed by atoms with E-state index in [1.807, 2.05) is 0 Å². The first-order valence-electron chi connectivity index (χ1n) is 6.05. The van der Waals surface area contributed by atoms with Gasteiger partial charge >= 0.3 is 0 Å². The molecule has 0 radical (unpaired) electrons. The molecule has 0 spiro atoms. The quantitative estimate of drug-likeness (QED) is 0.725.